The van der Waals surface area contributed by atoms with Gasteiger partial charge in [0.25, 0.3) is 0 Å². The van der Waals surface area contributed by atoms with Gasteiger partial charge in [0, 0.05) is 5.75 Å². The average molecular weight is 220 g/mol. The summed E-state index contributed by atoms with van der Waals surface area (Å²) in [5.74, 6) is 0.423. The first-order valence-corrected chi connectivity index (χ1v) is 5.66. The number of rotatable bonds is 7. The minimum absolute atomic E-state index is 0.221. The molecule has 0 aliphatic heterocycles. The van der Waals surface area contributed by atoms with Gasteiger partial charge < -0.3 is 9.47 Å². The van der Waals surface area contributed by atoms with Crippen molar-refractivity contribution in [2.45, 2.75) is 19.8 Å². The van der Waals surface area contributed by atoms with E-state index in [1.807, 2.05) is 6.92 Å². The van der Waals surface area contributed by atoms with Crippen LogP contribution in [0.4, 0.5) is 0 Å². The number of hydrogen-bond acceptors (Lipinski definition) is 5. The summed E-state index contributed by atoms with van der Waals surface area (Å²) in [6.07, 6.45) is 1.17. The van der Waals surface area contributed by atoms with Gasteiger partial charge in [-0.25, -0.2) is 0 Å². The molecule has 0 aromatic heterocycles. The van der Waals surface area contributed by atoms with Gasteiger partial charge in [0.05, 0.1) is 25.9 Å². The Labute approximate surface area is 88.3 Å². The largest absolute Gasteiger partial charge is 0.469 e. The molecule has 82 valence electrons. The fourth-order valence-electron chi connectivity index (χ4n) is 0.671. The second kappa shape index (κ2) is 8.87. The highest BCUT2D eigenvalue weighted by Gasteiger charge is 2.04. The highest BCUT2D eigenvalue weighted by Crippen LogP contribution is 2.03. The molecular weight excluding hydrogens is 204 g/mol. The Morgan fingerprint density at radius 2 is 2.00 bits per heavy atom. The zero-order valence-corrected chi connectivity index (χ0v) is 9.39. The quantitative estimate of drug-likeness (QED) is 0.477. The van der Waals surface area contributed by atoms with E-state index >= 15 is 0 Å². The molecule has 0 saturated carbocycles. The molecule has 0 amide bonds. The Kier molecular flexibility index (Phi) is 8.42. The molecule has 0 aliphatic rings. The predicted molar refractivity (Wildman–Crippen MR) is 55.2 cm³/mol. The molecule has 5 heteroatoms. The highest BCUT2D eigenvalue weighted by molar-refractivity contribution is 7.99. The molecule has 0 aliphatic carbocycles. The van der Waals surface area contributed by atoms with Crippen LogP contribution in [-0.2, 0) is 19.1 Å². The average Bonchev–Trinajstić information content (AvgIpc) is 2.21. The van der Waals surface area contributed by atoms with Gasteiger partial charge in [-0.15, -0.1) is 11.8 Å². The normalized spacial score (nSPS) is 9.57. The minimum atomic E-state index is -0.251. The Morgan fingerprint density at radius 3 is 2.57 bits per heavy atom. The lowest BCUT2D eigenvalue weighted by Crippen LogP contribution is -2.09. The van der Waals surface area contributed by atoms with Crippen molar-refractivity contribution in [2.75, 3.05) is 25.2 Å². The van der Waals surface area contributed by atoms with Crippen molar-refractivity contribution in [3.8, 4) is 0 Å². The summed E-state index contributed by atoms with van der Waals surface area (Å²) < 4.78 is 9.30. The van der Waals surface area contributed by atoms with Crippen molar-refractivity contribution in [2.24, 2.45) is 0 Å². The Balaban J connectivity index is 3.27. The molecule has 0 radical (unpaired) electrons. The van der Waals surface area contributed by atoms with Crippen LogP contribution in [-0.4, -0.2) is 37.2 Å². The number of methoxy groups -OCH3 is 1. The van der Waals surface area contributed by atoms with E-state index in [0.29, 0.717) is 24.5 Å². The van der Waals surface area contributed by atoms with Crippen LogP contribution in [0.2, 0.25) is 0 Å². The maximum absolute atomic E-state index is 11.0. The number of carbonyl (C=O) groups is 2. The van der Waals surface area contributed by atoms with E-state index in [1.54, 1.807) is 0 Å². The van der Waals surface area contributed by atoms with E-state index in [-0.39, 0.29) is 11.9 Å². The van der Waals surface area contributed by atoms with E-state index in [1.165, 1.54) is 18.9 Å². The number of carbonyl (C=O) groups excluding carboxylic acids is 2. The zero-order chi connectivity index (χ0) is 10.8. The van der Waals surface area contributed by atoms with Crippen LogP contribution in [0.3, 0.4) is 0 Å². The van der Waals surface area contributed by atoms with E-state index in [0.717, 1.165) is 6.42 Å². The van der Waals surface area contributed by atoms with Gasteiger partial charge in [0.1, 0.15) is 0 Å². The molecular formula is C9H16O4S. The second-order valence-corrected chi connectivity index (χ2v) is 3.70. The molecule has 0 aromatic rings. The summed E-state index contributed by atoms with van der Waals surface area (Å²) in [6, 6.07) is 0. The lowest BCUT2D eigenvalue weighted by atomic mass is 10.5. The molecule has 0 N–H and O–H groups in total. The molecule has 0 unspecified atom stereocenters. The summed E-state index contributed by atoms with van der Waals surface area (Å²) >= 11 is 1.38. The van der Waals surface area contributed by atoms with Crippen LogP contribution in [0.25, 0.3) is 0 Å². The molecule has 0 bridgehead atoms. The van der Waals surface area contributed by atoms with Crippen molar-refractivity contribution in [1.29, 1.82) is 0 Å². The summed E-state index contributed by atoms with van der Waals surface area (Å²) in [6.45, 7) is 2.41. The molecule has 14 heavy (non-hydrogen) atoms. The smallest absolute Gasteiger partial charge is 0.315 e. The van der Waals surface area contributed by atoms with Gasteiger partial charge in [0.2, 0.25) is 0 Å². The Hall–Kier alpha value is -0.710. The number of ether oxygens (including phenoxy) is 2. The molecule has 0 rings (SSSR count). The SMILES string of the molecule is CCCOC(=O)CSCCC(=O)OC. The number of hydrogen-bond donors (Lipinski definition) is 0. The Morgan fingerprint density at radius 1 is 1.29 bits per heavy atom. The van der Waals surface area contributed by atoms with E-state index in [4.69, 9.17) is 4.74 Å². The van der Waals surface area contributed by atoms with Crippen LogP contribution in [0.1, 0.15) is 19.8 Å². The molecule has 0 atom stereocenters. The topological polar surface area (TPSA) is 52.6 Å². The van der Waals surface area contributed by atoms with Crippen molar-refractivity contribution < 1.29 is 19.1 Å². The lowest BCUT2D eigenvalue weighted by Gasteiger charge is -2.02. The molecule has 0 spiro atoms. The van der Waals surface area contributed by atoms with E-state index < -0.39 is 0 Å². The van der Waals surface area contributed by atoms with Gasteiger partial charge in [-0.05, 0) is 6.42 Å². The first-order valence-electron chi connectivity index (χ1n) is 4.50. The van der Waals surface area contributed by atoms with Crippen LogP contribution in [0, 0.1) is 0 Å². The fraction of sp³-hybridized carbons (Fsp3) is 0.778. The van der Waals surface area contributed by atoms with E-state index in [9.17, 15) is 9.59 Å². The molecule has 0 heterocycles. The van der Waals surface area contributed by atoms with Gasteiger partial charge in [-0.1, -0.05) is 6.92 Å². The molecule has 0 aromatic carbocycles. The third-order valence-corrected chi connectivity index (χ3v) is 2.30. The van der Waals surface area contributed by atoms with Gasteiger partial charge in [0.15, 0.2) is 0 Å². The van der Waals surface area contributed by atoms with Gasteiger partial charge >= 0.3 is 11.9 Å². The monoisotopic (exact) mass is 220 g/mol. The van der Waals surface area contributed by atoms with Crippen molar-refractivity contribution in [1.82, 2.24) is 0 Å². The maximum Gasteiger partial charge on any atom is 0.315 e. The molecule has 4 nitrogen and oxygen atoms in total. The van der Waals surface area contributed by atoms with Crippen molar-refractivity contribution in [3.05, 3.63) is 0 Å². The van der Waals surface area contributed by atoms with E-state index in [2.05, 4.69) is 4.74 Å². The van der Waals surface area contributed by atoms with Crippen LogP contribution < -0.4 is 0 Å². The summed E-state index contributed by atoms with van der Waals surface area (Å²) in [5.41, 5.74) is 0. The number of thioether (sulfide) groups is 1. The van der Waals surface area contributed by atoms with Crippen molar-refractivity contribution in [3.63, 3.8) is 0 Å². The zero-order valence-electron chi connectivity index (χ0n) is 8.58. The standard InChI is InChI=1S/C9H16O4S/c1-3-5-13-9(11)7-14-6-4-8(10)12-2/h3-7H2,1-2H3. The minimum Gasteiger partial charge on any atom is -0.469 e. The first kappa shape index (κ1) is 13.3. The first-order chi connectivity index (χ1) is 6.70. The fourth-order valence-corrected chi connectivity index (χ4v) is 1.38. The van der Waals surface area contributed by atoms with Crippen LogP contribution in [0.15, 0.2) is 0 Å². The molecule has 0 saturated heterocycles. The summed E-state index contributed by atoms with van der Waals surface area (Å²) in [7, 11) is 1.35. The van der Waals surface area contributed by atoms with Crippen LogP contribution >= 0.6 is 11.8 Å². The summed E-state index contributed by atoms with van der Waals surface area (Å²) in [5, 5.41) is 0. The Bertz CT molecular complexity index is 182. The van der Waals surface area contributed by atoms with Crippen molar-refractivity contribution >= 4 is 23.7 Å². The van der Waals surface area contributed by atoms with Crippen LogP contribution in [0.5, 0.6) is 0 Å². The number of esters is 2. The third kappa shape index (κ3) is 7.91. The lowest BCUT2D eigenvalue weighted by molar-refractivity contribution is -0.141. The van der Waals surface area contributed by atoms with Gasteiger partial charge in [-0.3, -0.25) is 9.59 Å². The molecule has 0 fully saturated rings. The third-order valence-electron chi connectivity index (χ3n) is 1.37. The second-order valence-electron chi connectivity index (χ2n) is 2.60. The summed E-state index contributed by atoms with van der Waals surface area (Å²) in [4.78, 5) is 21.6. The predicted octanol–water partition coefficient (Wildman–Crippen LogP) is 1.24. The maximum atomic E-state index is 11.0. The van der Waals surface area contributed by atoms with Gasteiger partial charge in [-0.2, -0.15) is 0 Å². The highest BCUT2D eigenvalue weighted by atomic mass is 32.2.